The number of aromatic nitrogens is 4. The minimum Gasteiger partial charge on any atom is -0.354 e. The fraction of sp³-hybridized carbons (Fsp3) is 0.0833. The summed E-state index contributed by atoms with van der Waals surface area (Å²) in [5.74, 6) is 0.910. The SMILES string of the molecule is CC(C)(C)c1cc(-c2nc3c(-c4cccc(-c5nccc6ccccc56)c4)cccc3n2-c2cccc3ccccc23)c2[nH]c3ccccc3c2c1. The highest BCUT2D eigenvalue weighted by molar-refractivity contribution is 6.13. The normalized spacial score (nSPS) is 12.1. The van der Waals surface area contributed by atoms with Gasteiger partial charge in [0.15, 0.2) is 0 Å². The zero-order valence-corrected chi connectivity index (χ0v) is 29.4. The Hall–Kier alpha value is -6.52. The third kappa shape index (κ3) is 4.75. The highest BCUT2D eigenvalue weighted by Gasteiger charge is 2.25. The highest BCUT2D eigenvalue weighted by Crippen LogP contribution is 2.42. The summed E-state index contributed by atoms with van der Waals surface area (Å²) >= 11 is 0. The van der Waals surface area contributed by atoms with Crippen molar-refractivity contribution in [3.63, 3.8) is 0 Å². The Morgan fingerprint density at radius 1 is 0.558 bits per heavy atom. The highest BCUT2D eigenvalue weighted by atomic mass is 15.1. The molecule has 10 rings (SSSR count). The number of rotatable bonds is 4. The van der Waals surface area contributed by atoms with E-state index in [1.165, 1.54) is 32.5 Å². The summed E-state index contributed by atoms with van der Waals surface area (Å²) in [6.07, 6.45) is 1.90. The summed E-state index contributed by atoms with van der Waals surface area (Å²) in [6.45, 7) is 6.86. The molecule has 0 spiro atoms. The number of nitrogens with one attached hydrogen (secondary N) is 1. The lowest BCUT2D eigenvalue weighted by atomic mass is 9.85. The van der Waals surface area contributed by atoms with Crippen molar-refractivity contribution < 1.29 is 0 Å². The standard InChI is InChI=1S/C48H36N4/c1-48(2,3)34-28-39-38-20-8-9-22-41(38)50-45(39)40(29-34)47-51-46-37(21-12-24-43(46)52(47)42-23-11-15-30-13-4-6-18-35(30)42)32-16-10-17-33(27-32)44-36-19-7-5-14-31(36)25-26-49-44/h4-29,50H,1-3H3. The second-order valence-corrected chi connectivity index (χ2v) is 14.8. The van der Waals surface area contributed by atoms with Crippen LogP contribution < -0.4 is 0 Å². The van der Waals surface area contributed by atoms with Gasteiger partial charge in [0, 0.05) is 49.9 Å². The van der Waals surface area contributed by atoms with Gasteiger partial charge < -0.3 is 4.98 Å². The molecule has 10 aromatic rings. The fourth-order valence-electron chi connectivity index (χ4n) is 7.90. The first-order valence-corrected chi connectivity index (χ1v) is 17.9. The Morgan fingerprint density at radius 2 is 1.25 bits per heavy atom. The predicted octanol–water partition coefficient (Wildman–Crippen LogP) is 12.7. The minimum absolute atomic E-state index is 0.0706. The Morgan fingerprint density at radius 3 is 2.10 bits per heavy atom. The number of nitrogens with zero attached hydrogens (tertiary/aromatic N) is 3. The fourth-order valence-corrected chi connectivity index (χ4v) is 7.90. The molecular weight excluding hydrogens is 633 g/mol. The van der Waals surface area contributed by atoms with Gasteiger partial charge in [0.05, 0.1) is 27.9 Å². The van der Waals surface area contributed by atoms with E-state index in [1.807, 2.05) is 6.20 Å². The Bertz CT molecular complexity index is 3000. The van der Waals surface area contributed by atoms with Crippen molar-refractivity contribution >= 4 is 54.4 Å². The molecule has 0 aliphatic carbocycles. The first-order chi connectivity index (χ1) is 25.4. The van der Waals surface area contributed by atoms with Crippen LogP contribution in [0.5, 0.6) is 0 Å². The largest absolute Gasteiger partial charge is 0.354 e. The van der Waals surface area contributed by atoms with Crippen molar-refractivity contribution in [2.45, 2.75) is 26.2 Å². The summed E-state index contributed by atoms with van der Waals surface area (Å²) in [7, 11) is 0. The maximum Gasteiger partial charge on any atom is 0.147 e. The Kier molecular flexibility index (Phi) is 6.71. The Balaban J connectivity index is 1.29. The van der Waals surface area contributed by atoms with Gasteiger partial charge in [-0.05, 0) is 69.8 Å². The molecule has 0 atom stereocenters. The zero-order valence-electron chi connectivity index (χ0n) is 29.4. The lowest BCUT2D eigenvalue weighted by molar-refractivity contribution is 0.591. The van der Waals surface area contributed by atoms with Crippen LogP contribution in [0.4, 0.5) is 0 Å². The molecule has 0 unspecified atom stereocenters. The van der Waals surface area contributed by atoms with Gasteiger partial charge in [0.1, 0.15) is 5.82 Å². The molecule has 4 heteroatoms. The predicted molar refractivity (Wildman–Crippen MR) is 218 cm³/mol. The first-order valence-electron chi connectivity index (χ1n) is 17.9. The maximum absolute atomic E-state index is 5.67. The number of benzene rings is 7. The average molecular weight is 669 g/mol. The molecule has 0 saturated heterocycles. The van der Waals surface area contributed by atoms with Crippen molar-refractivity contribution in [2.75, 3.05) is 0 Å². The van der Waals surface area contributed by atoms with Crippen molar-refractivity contribution in [3.05, 3.63) is 163 Å². The molecule has 4 nitrogen and oxygen atoms in total. The second kappa shape index (κ2) is 11.5. The molecule has 0 aliphatic rings. The van der Waals surface area contributed by atoms with Gasteiger partial charge in [0.25, 0.3) is 0 Å². The van der Waals surface area contributed by atoms with E-state index in [4.69, 9.17) is 9.97 Å². The van der Waals surface area contributed by atoms with E-state index in [-0.39, 0.29) is 5.41 Å². The first kappa shape index (κ1) is 30.3. The minimum atomic E-state index is -0.0706. The molecule has 1 N–H and O–H groups in total. The second-order valence-electron chi connectivity index (χ2n) is 14.8. The summed E-state index contributed by atoms with van der Waals surface area (Å²) in [5, 5.41) is 7.13. The maximum atomic E-state index is 5.67. The van der Waals surface area contributed by atoms with Gasteiger partial charge in [-0.3, -0.25) is 9.55 Å². The van der Waals surface area contributed by atoms with Crippen LogP contribution in [-0.2, 0) is 5.41 Å². The van der Waals surface area contributed by atoms with Crippen LogP contribution in [0.2, 0.25) is 0 Å². The number of fused-ring (bicyclic) bond motifs is 6. The monoisotopic (exact) mass is 668 g/mol. The number of hydrogen-bond acceptors (Lipinski definition) is 2. The van der Waals surface area contributed by atoms with Crippen LogP contribution in [0.3, 0.4) is 0 Å². The lowest BCUT2D eigenvalue weighted by Crippen LogP contribution is -2.11. The number of H-pyrrole nitrogens is 1. The molecule has 3 aromatic heterocycles. The summed E-state index contributed by atoms with van der Waals surface area (Å²) < 4.78 is 2.38. The van der Waals surface area contributed by atoms with Crippen LogP contribution >= 0.6 is 0 Å². The van der Waals surface area contributed by atoms with E-state index < -0.39 is 0 Å². The molecule has 0 saturated carbocycles. The van der Waals surface area contributed by atoms with Crippen molar-refractivity contribution in [3.8, 4) is 39.5 Å². The molecule has 0 amide bonds. The molecule has 52 heavy (non-hydrogen) atoms. The average Bonchev–Trinajstić information content (AvgIpc) is 3.76. The Labute approximate surface area is 302 Å². The number of para-hydroxylation sites is 2. The van der Waals surface area contributed by atoms with E-state index in [2.05, 4.69) is 182 Å². The van der Waals surface area contributed by atoms with Crippen LogP contribution in [0.1, 0.15) is 26.3 Å². The van der Waals surface area contributed by atoms with Gasteiger partial charge in [-0.1, -0.05) is 130 Å². The van der Waals surface area contributed by atoms with Crippen LogP contribution in [-0.4, -0.2) is 19.5 Å². The lowest BCUT2D eigenvalue weighted by Gasteiger charge is -2.21. The topological polar surface area (TPSA) is 46.5 Å². The zero-order chi connectivity index (χ0) is 35.0. The number of pyridine rings is 1. The molecule has 0 fully saturated rings. The number of imidazole rings is 1. The summed E-state index contributed by atoms with van der Waals surface area (Å²) in [6, 6.07) is 54.4. The number of aromatic amines is 1. The van der Waals surface area contributed by atoms with Gasteiger partial charge in [-0.2, -0.15) is 0 Å². The van der Waals surface area contributed by atoms with Crippen LogP contribution in [0.15, 0.2) is 158 Å². The number of hydrogen-bond donors (Lipinski definition) is 1. The molecule has 0 bridgehead atoms. The summed E-state index contributed by atoms with van der Waals surface area (Å²) in [4.78, 5) is 14.3. The summed E-state index contributed by atoms with van der Waals surface area (Å²) in [5.41, 5.74) is 11.9. The van der Waals surface area contributed by atoms with Crippen molar-refractivity contribution in [1.29, 1.82) is 0 Å². The molecule has 3 heterocycles. The van der Waals surface area contributed by atoms with Gasteiger partial charge in [0.2, 0.25) is 0 Å². The van der Waals surface area contributed by atoms with E-state index >= 15 is 0 Å². The molecule has 248 valence electrons. The van der Waals surface area contributed by atoms with Crippen LogP contribution in [0.25, 0.3) is 93.8 Å². The molecule has 7 aromatic carbocycles. The van der Waals surface area contributed by atoms with Crippen LogP contribution in [0, 0.1) is 0 Å². The van der Waals surface area contributed by atoms with Gasteiger partial charge in [-0.15, -0.1) is 0 Å². The van der Waals surface area contributed by atoms with E-state index in [1.54, 1.807) is 0 Å². The van der Waals surface area contributed by atoms with E-state index in [9.17, 15) is 0 Å². The van der Waals surface area contributed by atoms with Crippen molar-refractivity contribution in [1.82, 2.24) is 19.5 Å². The third-order valence-electron chi connectivity index (χ3n) is 10.5. The van der Waals surface area contributed by atoms with Gasteiger partial charge in [-0.25, -0.2) is 4.98 Å². The molecule has 0 aliphatic heterocycles. The molecular formula is C48H36N4. The third-order valence-corrected chi connectivity index (χ3v) is 10.5. The smallest absolute Gasteiger partial charge is 0.147 e. The van der Waals surface area contributed by atoms with E-state index in [0.717, 1.165) is 66.9 Å². The molecule has 0 radical (unpaired) electrons. The van der Waals surface area contributed by atoms with Crippen molar-refractivity contribution in [2.24, 2.45) is 0 Å². The van der Waals surface area contributed by atoms with E-state index in [0.29, 0.717) is 0 Å². The van der Waals surface area contributed by atoms with Gasteiger partial charge >= 0.3 is 0 Å². The quantitative estimate of drug-likeness (QED) is 0.203.